The van der Waals surface area contributed by atoms with Crippen molar-refractivity contribution >= 4 is 28.7 Å². The van der Waals surface area contributed by atoms with Crippen molar-refractivity contribution in [3.8, 4) is 0 Å². The van der Waals surface area contributed by atoms with Gasteiger partial charge in [-0.1, -0.05) is 24.3 Å². The van der Waals surface area contributed by atoms with E-state index in [0.29, 0.717) is 11.4 Å². The molecule has 0 saturated heterocycles. The predicted molar refractivity (Wildman–Crippen MR) is 94.5 cm³/mol. The smallest absolute Gasteiger partial charge is 0.230 e. The van der Waals surface area contributed by atoms with E-state index in [2.05, 4.69) is 15.3 Å². The number of hydrogen-bond acceptors (Lipinski definition) is 3. The molecule has 6 heteroatoms. The van der Waals surface area contributed by atoms with Crippen LogP contribution in [0.1, 0.15) is 12.2 Å². The van der Waals surface area contributed by atoms with Gasteiger partial charge in [-0.25, -0.2) is 9.37 Å². The van der Waals surface area contributed by atoms with Gasteiger partial charge in [-0.2, -0.15) is 0 Å². The second-order valence-electron chi connectivity index (χ2n) is 5.37. The van der Waals surface area contributed by atoms with Gasteiger partial charge in [0.05, 0.1) is 16.8 Å². The first-order valence-electron chi connectivity index (χ1n) is 7.80. The summed E-state index contributed by atoms with van der Waals surface area (Å²) in [5, 5.41) is 2.85. The van der Waals surface area contributed by atoms with Crippen LogP contribution in [0, 0.1) is 5.82 Å². The molecule has 1 aromatic heterocycles. The average molecular weight is 343 g/mol. The Labute approximate surface area is 143 Å². The van der Waals surface area contributed by atoms with Crippen LogP contribution in [0.2, 0.25) is 0 Å². The Morgan fingerprint density at radius 3 is 2.79 bits per heavy atom. The predicted octanol–water partition coefficient (Wildman–Crippen LogP) is 3.54. The zero-order valence-corrected chi connectivity index (χ0v) is 13.9. The number of hydrogen-bond donors (Lipinski definition) is 2. The van der Waals surface area contributed by atoms with Crippen LogP contribution in [-0.2, 0) is 11.2 Å². The normalized spacial score (nSPS) is 10.9. The van der Waals surface area contributed by atoms with Crippen LogP contribution in [0.5, 0.6) is 0 Å². The van der Waals surface area contributed by atoms with Gasteiger partial charge in [-0.05, 0) is 30.7 Å². The first-order valence-corrected chi connectivity index (χ1v) is 8.78. The van der Waals surface area contributed by atoms with Crippen LogP contribution in [0.4, 0.5) is 4.39 Å². The van der Waals surface area contributed by atoms with Gasteiger partial charge >= 0.3 is 0 Å². The van der Waals surface area contributed by atoms with Crippen molar-refractivity contribution < 1.29 is 9.18 Å². The molecule has 0 spiro atoms. The molecule has 1 heterocycles. The number of nitrogens with zero attached hydrogens (tertiary/aromatic N) is 1. The second-order valence-corrected chi connectivity index (χ2v) is 6.39. The number of benzene rings is 2. The lowest BCUT2D eigenvalue weighted by Crippen LogP contribution is -2.26. The molecular formula is C18H18FN3OS. The molecule has 0 radical (unpaired) electrons. The number of carbonyl (C=O) groups is 1. The number of H-pyrrole nitrogens is 1. The van der Waals surface area contributed by atoms with E-state index < -0.39 is 0 Å². The standard InChI is InChI=1S/C18H18FN3OS/c19-13-6-1-4-9-16(13)24-12-18(23)20-11-5-10-17-21-14-7-2-3-8-15(14)22-17/h1-4,6-9H,5,10-12H2,(H,20,23)(H,21,22). The maximum atomic E-state index is 13.5. The Morgan fingerprint density at radius 1 is 1.17 bits per heavy atom. The third kappa shape index (κ3) is 4.35. The SMILES string of the molecule is O=C(CSc1ccccc1F)NCCCc1nc2ccccc2[nH]1. The topological polar surface area (TPSA) is 57.8 Å². The molecule has 0 fully saturated rings. The van der Waals surface area contributed by atoms with E-state index in [1.54, 1.807) is 18.2 Å². The molecule has 0 bridgehead atoms. The zero-order chi connectivity index (χ0) is 16.8. The number of aromatic nitrogens is 2. The molecule has 0 aliphatic carbocycles. The van der Waals surface area contributed by atoms with Gasteiger partial charge in [0.1, 0.15) is 11.6 Å². The van der Waals surface area contributed by atoms with Crippen LogP contribution >= 0.6 is 11.8 Å². The molecule has 0 saturated carbocycles. The van der Waals surface area contributed by atoms with Gasteiger partial charge in [0.15, 0.2) is 0 Å². The van der Waals surface area contributed by atoms with Crippen LogP contribution in [-0.4, -0.2) is 28.2 Å². The molecule has 1 amide bonds. The number of carbonyl (C=O) groups excluding carboxylic acids is 1. The first-order chi connectivity index (χ1) is 11.7. The van der Waals surface area contributed by atoms with E-state index in [4.69, 9.17) is 0 Å². The van der Waals surface area contributed by atoms with Crippen molar-refractivity contribution in [2.45, 2.75) is 17.7 Å². The molecule has 24 heavy (non-hydrogen) atoms. The largest absolute Gasteiger partial charge is 0.355 e. The third-order valence-electron chi connectivity index (χ3n) is 3.55. The summed E-state index contributed by atoms with van der Waals surface area (Å²) in [6.07, 6.45) is 1.57. The third-order valence-corrected chi connectivity index (χ3v) is 4.59. The van der Waals surface area contributed by atoms with E-state index >= 15 is 0 Å². The number of aromatic amines is 1. The van der Waals surface area contributed by atoms with Crippen LogP contribution < -0.4 is 5.32 Å². The number of rotatable bonds is 7. The molecule has 0 aliphatic rings. The molecule has 0 aliphatic heterocycles. The minimum absolute atomic E-state index is 0.0899. The van der Waals surface area contributed by atoms with Crippen LogP contribution in [0.3, 0.4) is 0 Å². The first kappa shape index (κ1) is 16.5. The molecule has 2 N–H and O–H groups in total. The maximum absolute atomic E-state index is 13.5. The highest BCUT2D eigenvalue weighted by Gasteiger charge is 2.06. The highest BCUT2D eigenvalue weighted by atomic mass is 32.2. The molecule has 124 valence electrons. The fourth-order valence-electron chi connectivity index (χ4n) is 2.36. The molecular weight excluding hydrogens is 325 g/mol. The van der Waals surface area contributed by atoms with E-state index in [0.717, 1.165) is 29.7 Å². The summed E-state index contributed by atoms with van der Waals surface area (Å²) in [6, 6.07) is 14.4. The molecule has 4 nitrogen and oxygen atoms in total. The van der Waals surface area contributed by atoms with E-state index in [1.807, 2.05) is 24.3 Å². The van der Waals surface area contributed by atoms with E-state index in [1.165, 1.54) is 17.8 Å². The fourth-order valence-corrected chi connectivity index (χ4v) is 3.13. The summed E-state index contributed by atoms with van der Waals surface area (Å²) in [5.41, 5.74) is 1.98. The lowest BCUT2D eigenvalue weighted by atomic mass is 10.3. The van der Waals surface area contributed by atoms with Crippen molar-refractivity contribution in [2.75, 3.05) is 12.3 Å². The number of thioether (sulfide) groups is 1. The number of aryl methyl sites for hydroxylation is 1. The van der Waals surface area contributed by atoms with Crippen LogP contribution in [0.25, 0.3) is 11.0 Å². The maximum Gasteiger partial charge on any atom is 0.230 e. The number of fused-ring (bicyclic) bond motifs is 1. The summed E-state index contributed by atoms with van der Waals surface area (Å²) < 4.78 is 13.5. The fraction of sp³-hybridized carbons (Fsp3) is 0.222. The summed E-state index contributed by atoms with van der Waals surface area (Å²) >= 11 is 1.21. The number of imidazole rings is 1. The Morgan fingerprint density at radius 2 is 1.96 bits per heavy atom. The van der Waals surface area contributed by atoms with Crippen molar-refractivity contribution in [3.63, 3.8) is 0 Å². The van der Waals surface area contributed by atoms with Crippen LogP contribution in [0.15, 0.2) is 53.4 Å². The van der Waals surface area contributed by atoms with E-state index in [9.17, 15) is 9.18 Å². The molecule has 0 atom stereocenters. The second kappa shape index (κ2) is 7.97. The molecule has 0 unspecified atom stereocenters. The van der Waals surface area contributed by atoms with Gasteiger partial charge in [0.25, 0.3) is 0 Å². The highest BCUT2D eigenvalue weighted by molar-refractivity contribution is 8.00. The lowest BCUT2D eigenvalue weighted by Gasteiger charge is -2.05. The Kier molecular flexibility index (Phi) is 5.48. The van der Waals surface area contributed by atoms with Gasteiger partial charge in [0, 0.05) is 17.9 Å². The summed E-state index contributed by atoms with van der Waals surface area (Å²) in [4.78, 5) is 20.1. The van der Waals surface area contributed by atoms with Gasteiger partial charge < -0.3 is 10.3 Å². The van der Waals surface area contributed by atoms with Crippen molar-refractivity contribution in [1.82, 2.24) is 15.3 Å². The Bertz CT molecular complexity index is 801. The van der Waals surface area contributed by atoms with Gasteiger partial charge in [-0.3, -0.25) is 4.79 Å². The van der Waals surface area contributed by atoms with Gasteiger partial charge in [0.2, 0.25) is 5.91 Å². The van der Waals surface area contributed by atoms with E-state index in [-0.39, 0.29) is 17.5 Å². The average Bonchev–Trinajstić information content (AvgIpc) is 3.01. The Hall–Kier alpha value is -2.34. The number of amides is 1. The molecule has 2 aromatic carbocycles. The summed E-state index contributed by atoms with van der Waals surface area (Å²) in [7, 11) is 0. The number of para-hydroxylation sites is 2. The van der Waals surface area contributed by atoms with Crippen molar-refractivity contribution in [2.24, 2.45) is 0 Å². The monoisotopic (exact) mass is 343 g/mol. The molecule has 3 rings (SSSR count). The van der Waals surface area contributed by atoms with Crippen molar-refractivity contribution in [1.29, 1.82) is 0 Å². The summed E-state index contributed by atoms with van der Waals surface area (Å²) in [6.45, 7) is 0.577. The zero-order valence-electron chi connectivity index (χ0n) is 13.1. The summed E-state index contributed by atoms with van der Waals surface area (Å²) in [5.74, 6) is 0.755. The lowest BCUT2D eigenvalue weighted by molar-refractivity contribution is -0.118. The minimum atomic E-state index is -0.291. The number of halogens is 1. The minimum Gasteiger partial charge on any atom is -0.355 e. The number of nitrogens with one attached hydrogen (secondary N) is 2. The molecule has 3 aromatic rings. The quantitative estimate of drug-likeness (QED) is 0.509. The van der Waals surface area contributed by atoms with Crippen molar-refractivity contribution in [3.05, 3.63) is 60.2 Å². The van der Waals surface area contributed by atoms with Gasteiger partial charge in [-0.15, -0.1) is 11.8 Å². The highest BCUT2D eigenvalue weighted by Crippen LogP contribution is 2.20. The Balaban J connectivity index is 1.38.